The molecule has 7 nitrogen and oxygen atoms in total. The minimum atomic E-state index is -1.47. The smallest absolute Gasteiger partial charge is 0.322 e. The number of halogens is 1. The number of amides is 4. The van der Waals surface area contributed by atoms with Gasteiger partial charge in [-0.3, -0.25) is 14.9 Å². The summed E-state index contributed by atoms with van der Waals surface area (Å²) in [5, 5.41) is 8.06. The Hall–Kier alpha value is -4.37. The molecule has 4 aromatic rings. The molecule has 1 atom stereocenters. The van der Waals surface area contributed by atoms with E-state index >= 15 is 0 Å². The SMILES string of the molecule is Cc1nc(-c2cccc(-c3ccc([C@]4(CN5Cc6ccc(F)cc6C5=O)NC(=O)NC4=O)cc3)c2)cs1. The van der Waals surface area contributed by atoms with E-state index in [1.807, 2.05) is 42.6 Å². The Kier molecular flexibility index (Phi) is 5.38. The van der Waals surface area contributed by atoms with Gasteiger partial charge in [-0.2, -0.15) is 0 Å². The zero-order valence-corrected chi connectivity index (χ0v) is 20.6. The minimum absolute atomic E-state index is 0.0856. The van der Waals surface area contributed by atoms with Gasteiger partial charge >= 0.3 is 6.03 Å². The van der Waals surface area contributed by atoms with Crippen LogP contribution in [0.4, 0.5) is 9.18 Å². The van der Waals surface area contributed by atoms with Crippen LogP contribution < -0.4 is 10.6 Å². The van der Waals surface area contributed by atoms with Crippen molar-refractivity contribution in [3.63, 3.8) is 0 Å². The maximum Gasteiger partial charge on any atom is 0.322 e. The summed E-state index contributed by atoms with van der Waals surface area (Å²) in [7, 11) is 0. The van der Waals surface area contributed by atoms with E-state index in [1.54, 1.807) is 29.5 Å². The molecule has 0 aliphatic carbocycles. The minimum Gasteiger partial charge on any atom is -0.331 e. The summed E-state index contributed by atoms with van der Waals surface area (Å²) in [6.45, 7) is 2.11. The summed E-state index contributed by atoms with van der Waals surface area (Å²) in [6.07, 6.45) is 0. The largest absolute Gasteiger partial charge is 0.331 e. The van der Waals surface area contributed by atoms with E-state index < -0.39 is 23.3 Å². The molecular formula is C28H21FN4O3S. The average molecular weight is 513 g/mol. The van der Waals surface area contributed by atoms with Crippen LogP contribution in [0.25, 0.3) is 22.4 Å². The first-order chi connectivity index (χ1) is 17.8. The van der Waals surface area contributed by atoms with Crippen molar-refractivity contribution in [2.75, 3.05) is 6.54 Å². The number of carbonyl (C=O) groups is 3. The topological polar surface area (TPSA) is 91.4 Å². The van der Waals surface area contributed by atoms with Crippen molar-refractivity contribution in [3.05, 3.63) is 99.6 Å². The number of thiazole rings is 1. The van der Waals surface area contributed by atoms with Crippen LogP contribution in [-0.2, 0) is 16.9 Å². The highest BCUT2D eigenvalue weighted by Gasteiger charge is 2.50. The third-order valence-electron chi connectivity index (χ3n) is 6.81. The second kappa shape index (κ2) is 8.63. The van der Waals surface area contributed by atoms with E-state index in [-0.39, 0.29) is 24.6 Å². The molecule has 1 aromatic heterocycles. The molecule has 9 heteroatoms. The van der Waals surface area contributed by atoms with E-state index in [0.717, 1.165) is 27.4 Å². The number of imide groups is 1. The summed E-state index contributed by atoms with van der Waals surface area (Å²) < 4.78 is 13.7. The molecule has 0 bridgehead atoms. The molecule has 4 amide bonds. The molecule has 184 valence electrons. The molecule has 1 saturated heterocycles. The first kappa shape index (κ1) is 23.1. The molecule has 0 spiro atoms. The van der Waals surface area contributed by atoms with E-state index in [4.69, 9.17) is 0 Å². The molecule has 0 unspecified atom stereocenters. The molecule has 0 saturated carbocycles. The van der Waals surface area contributed by atoms with Gasteiger partial charge in [-0.1, -0.05) is 48.5 Å². The number of rotatable bonds is 5. The fraction of sp³-hybridized carbons (Fsp3) is 0.143. The maximum absolute atomic E-state index is 13.7. The Morgan fingerprint density at radius 3 is 2.49 bits per heavy atom. The molecule has 2 N–H and O–H groups in total. The molecule has 6 rings (SSSR count). The number of fused-ring (bicyclic) bond motifs is 1. The van der Waals surface area contributed by atoms with Gasteiger partial charge in [0.1, 0.15) is 5.82 Å². The highest BCUT2D eigenvalue weighted by molar-refractivity contribution is 7.09. The maximum atomic E-state index is 13.7. The van der Waals surface area contributed by atoms with Gasteiger partial charge in [0.05, 0.1) is 17.2 Å². The van der Waals surface area contributed by atoms with Crippen LogP contribution in [0, 0.1) is 12.7 Å². The van der Waals surface area contributed by atoms with Crippen LogP contribution in [0.5, 0.6) is 0 Å². The summed E-state index contributed by atoms with van der Waals surface area (Å²) in [5.41, 5.74) is 3.86. The Bertz CT molecular complexity index is 1580. The van der Waals surface area contributed by atoms with E-state index in [1.165, 1.54) is 17.0 Å². The predicted octanol–water partition coefficient (Wildman–Crippen LogP) is 4.62. The molecule has 37 heavy (non-hydrogen) atoms. The second-order valence-corrected chi connectivity index (χ2v) is 10.2. The molecule has 3 heterocycles. The average Bonchev–Trinajstić information content (AvgIpc) is 3.55. The number of carbonyl (C=O) groups excluding carboxylic acids is 3. The lowest BCUT2D eigenvalue weighted by molar-refractivity contribution is -0.124. The van der Waals surface area contributed by atoms with Crippen LogP contribution in [0.15, 0.2) is 72.1 Å². The lowest BCUT2D eigenvalue weighted by Gasteiger charge is -2.31. The van der Waals surface area contributed by atoms with Gasteiger partial charge in [0.2, 0.25) is 0 Å². The number of benzene rings is 3. The zero-order valence-electron chi connectivity index (χ0n) is 19.7. The monoisotopic (exact) mass is 512 g/mol. The number of nitrogens with one attached hydrogen (secondary N) is 2. The number of aryl methyl sites for hydroxylation is 1. The summed E-state index contributed by atoms with van der Waals surface area (Å²) >= 11 is 1.60. The van der Waals surface area contributed by atoms with Gasteiger partial charge in [0.15, 0.2) is 5.54 Å². The van der Waals surface area contributed by atoms with Crippen molar-refractivity contribution in [1.82, 2.24) is 20.5 Å². The van der Waals surface area contributed by atoms with Crippen LogP contribution in [-0.4, -0.2) is 34.3 Å². The van der Waals surface area contributed by atoms with Gasteiger partial charge in [-0.05, 0) is 47.4 Å². The van der Waals surface area contributed by atoms with Gasteiger partial charge in [0.25, 0.3) is 11.8 Å². The molecular weight excluding hydrogens is 491 g/mol. The van der Waals surface area contributed by atoms with Gasteiger partial charge in [0, 0.05) is 23.1 Å². The molecule has 3 aromatic carbocycles. The van der Waals surface area contributed by atoms with Crippen molar-refractivity contribution in [2.24, 2.45) is 0 Å². The Balaban J connectivity index is 1.32. The van der Waals surface area contributed by atoms with Crippen molar-refractivity contribution in [3.8, 4) is 22.4 Å². The Morgan fingerprint density at radius 2 is 1.78 bits per heavy atom. The van der Waals surface area contributed by atoms with Crippen LogP contribution in [0.1, 0.15) is 26.5 Å². The second-order valence-electron chi connectivity index (χ2n) is 9.19. The van der Waals surface area contributed by atoms with E-state index in [0.29, 0.717) is 11.1 Å². The number of nitrogens with zero attached hydrogens (tertiary/aromatic N) is 2. The lowest BCUT2D eigenvalue weighted by atomic mass is 9.88. The summed E-state index contributed by atoms with van der Waals surface area (Å²) in [4.78, 5) is 44.3. The number of hydrogen-bond acceptors (Lipinski definition) is 5. The Labute approximate surface area is 216 Å². The van der Waals surface area contributed by atoms with E-state index in [2.05, 4.69) is 21.7 Å². The first-order valence-electron chi connectivity index (χ1n) is 11.7. The van der Waals surface area contributed by atoms with E-state index in [9.17, 15) is 18.8 Å². The number of aromatic nitrogens is 1. The van der Waals surface area contributed by atoms with Gasteiger partial charge in [-0.25, -0.2) is 14.2 Å². The van der Waals surface area contributed by atoms with Crippen LogP contribution in [0.2, 0.25) is 0 Å². The molecule has 1 fully saturated rings. The normalized spacial score (nSPS) is 18.6. The van der Waals surface area contributed by atoms with Crippen molar-refractivity contribution < 1.29 is 18.8 Å². The predicted molar refractivity (Wildman–Crippen MR) is 137 cm³/mol. The van der Waals surface area contributed by atoms with Gasteiger partial charge < -0.3 is 10.2 Å². The molecule has 2 aliphatic rings. The fourth-order valence-electron chi connectivity index (χ4n) is 4.95. The number of urea groups is 1. The van der Waals surface area contributed by atoms with Crippen LogP contribution in [0.3, 0.4) is 0 Å². The first-order valence-corrected chi connectivity index (χ1v) is 12.6. The fourth-order valence-corrected chi connectivity index (χ4v) is 5.57. The quantitative estimate of drug-likeness (QED) is 0.382. The van der Waals surface area contributed by atoms with Crippen molar-refractivity contribution in [2.45, 2.75) is 19.0 Å². The number of hydrogen-bond donors (Lipinski definition) is 2. The third kappa shape index (κ3) is 3.97. The lowest BCUT2D eigenvalue weighted by Crippen LogP contribution is -2.52. The summed E-state index contributed by atoms with van der Waals surface area (Å²) in [6, 6.07) is 18.8. The van der Waals surface area contributed by atoms with Gasteiger partial charge in [-0.15, -0.1) is 11.3 Å². The van der Waals surface area contributed by atoms with Crippen LogP contribution >= 0.6 is 11.3 Å². The standard InChI is InChI=1S/C28H21FN4O3S/c1-16-30-24(14-37-16)19-4-2-3-18(11-19)17-5-8-21(9-6-17)28(26(35)31-27(36)32-28)15-33-13-20-7-10-22(29)12-23(20)25(33)34/h2-12,14H,13,15H2,1H3,(H2,31,32,35,36)/t28-/m0/s1. The highest BCUT2D eigenvalue weighted by atomic mass is 32.1. The highest BCUT2D eigenvalue weighted by Crippen LogP contribution is 2.33. The molecule has 2 aliphatic heterocycles. The summed E-state index contributed by atoms with van der Waals surface area (Å²) in [5.74, 6) is -1.42. The zero-order chi connectivity index (χ0) is 25.7. The molecule has 0 radical (unpaired) electrons. The van der Waals surface area contributed by atoms with Crippen molar-refractivity contribution in [1.29, 1.82) is 0 Å². The van der Waals surface area contributed by atoms with Crippen molar-refractivity contribution >= 4 is 29.2 Å². The Morgan fingerprint density at radius 1 is 1.00 bits per heavy atom. The third-order valence-corrected chi connectivity index (χ3v) is 7.58.